The normalized spacial score (nSPS) is 17.3. The molecule has 0 amide bonds. The maximum absolute atomic E-state index is 12.5. The Bertz CT molecular complexity index is 534. The fourth-order valence-corrected chi connectivity index (χ4v) is 4.55. The first-order chi connectivity index (χ1) is 9.03. The number of nitrogen functional groups attached to an aromatic ring is 1. The SMILES string of the molecule is COc1cc(N)ccc1S(=O)(=O)CC1CCCCC1. The van der Waals surface area contributed by atoms with Gasteiger partial charge >= 0.3 is 0 Å². The minimum atomic E-state index is -3.30. The lowest BCUT2D eigenvalue weighted by molar-refractivity contribution is 0.382. The van der Waals surface area contributed by atoms with Gasteiger partial charge in [0.15, 0.2) is 9.84 Å². The molecule has 0 aromatic heterocycles. The van der Waals surface area contributed by atoms with E-state index in [0.29, 0.717) is 11.4 Å². The standard InChI is InChI=1S/C14H21NO3S/c1-18-13-9-12(15)7-8-14(13)19(16,17)10-11-5-3-2-4-6-11/h7-9,11H,2-6,10,15H2,1H3. The summed E-state index contributed by atoms with van der Waals surface area (Å²) in [4.78, 5) is 0.259. The highest BCUT2D eigenvalue weighted by atomic mass is 32.2. The number of rotatable bonds is 4. The minimum absolute atomic E-state index is 0.216. The maximum atomic E-state index is 12.5. The molecule has 5 heteroatoms. The van der Waals surface area contributed by atoms with Crippen LogP contribution in [0.25, 0.3) is 0 Å². The fourth-order valence-electron chi connectivity index (χ4n) is 2.69. The van der Waals surface area contributed by atoms with Gasteiger partial charge in [0.25, 0.3) is 0 Å². The third-order valence-electron chi connectivity index (χ3n) is 3.70. The third kappa shape index (κ3) is 3.41. The predicted molar refractivity (Wildman–Crippen MR) is 76.0 cm³/mol. The quantitative estimate of drug-likeness (QED) is 0.862. The van der Waals surface area contributed by atoms with Crippen LogP contribution >= 0.6 is 0 Å². The topological polar surface area (TPSA) is 69.4 Å². The highest BCUT2D eigenvalue weighted by Gasteiger charge is 2.25. The van der Waals surface area contributed by atoms with Crippen LogP contribution in [0, 0.1) is 5.92 Å². The molecule has 0 radical (unpaired) electrons. The molecule has 106 valence electrons. The van der Waals surface area contributed by atoms with Crippen molar-refractivity contribution in [2.24, 2.45) is 5.92 Å². The summed E-state index contributed by atoms with van der Waals surface area (Å²) in [6.45, 7) is 0. The van der Waals surface area contributed by atoms with Crippen molar-refractivity contribution in [1.82, 2.24) is 0 Å². The molecular weight excluding hydrogens is 262 g/mol. The van der Waals surface area contributed by atoms with Crippen molar-refractivity contribution in [2.45, 2.75) is 37.0 Å². The summed E-state index contributed by atoms with van der Waals surface area (Å²) < 4.78 is 30.1. The number of sulfone groups is 1. The first-order valence-corrected chi connectivity index (χ1v) is 8.34. The van der Waals surface area contributed by atoms with Gasteiger partial charge < -0.3 is 10.5 Å². The van der Waals surface area contributed by atoms with Crippen LogP contribution in [0.5, 0.6) is 5.75 Å². The largest absolute Gasteiger partial charge is 0.495 e. The second-order valence-electron chi connectivity index (χ2n) is 5.20. The lowest BCUT2D eigenvalue weighted by Crippen LogP contribution is -2.19. The number of ether oxygens (including phenoxy) is 1. The summed E-state index contributed by atoms with van der Waals surface area (Å²) in [6, 6.07) is 4.72. The summed E-state index contributed by atoms with van der Waals surface area (Å²) >= 11 is 0. The predicted octanol–water partition coefficient (Wildman–Crippen LogP) is 2.63. The van der Waals surface area contributed by atoms with E-state index in [1.807, 2.05) is 0 Å². The zero-order valence-electron chi connectivity index (χ0n) is 11.3. The molecule has 0 saturated heterocycles. The molecule has 1 aliphatic carbocycles. The molecule has 0 spiro atoms. The van der Waals surface area contributed by atoms with E-state index in [1.165, 1.54) is 13.5 Å². The minimum Gasteiger partial charge on any atom is -0.495 e. The first-order valence-electron chi connectivity index (χ1n) is 6.69. The molecule has 0 heterocycles. The van der Waals surface area contributed by atoms with Gasteiger partial charge in [-0.25, -0.2) is 8.42 Å². The van der Waals surface area contributed by atoms with Crippen LogP contribution in [0.2, 0.25) is 0 Å². The average molecular weight is 283 g/mol. The Kier molecular flexibility index (Phi) is 4.34. The van der Waals surface area contributed by atoms with Gasteiger partial charge in [-0.2, -0.15) is 0 Å². The zero-order valence-corrected chi connectivity index (χ0v) is 12.1. The van der Waals surface area contributed by atoms with Crippen molar-refractivity contribution >= 4 is 15.5 Å². The summed E-state index contributed by atoms with van der Waals surface area (Å²) in [5.41, 5.74) is 6.16. The van der Waals surface area contributed by atoms with Crippen LogP contribution < -0.4 is 10.5 Å². The van der Waals surface area contributed by atoms with Crippen LogP contribution in [0.4, 0.5) is 5.69 Å². The summed E-state index contributed by atoms with van der Waals surface area (Å²) in [6.07, 6.45) is 5.52. The smallest absolute Gasteiger partial charge is 0.182 e. The highest BCUT2D eigenvalue weighted by molar-refractivity contribution is 7.91. The van der Waals surface area contributed by atoms with Gasteiger partial charge in [0.05, 0.1) is 12.9 Å². The summed E-state index contributed by atoms with van der Waals surface area (Å²) in [5.74, 6) is 0.838. The Hall–Kier alpha value is -1.23. The molecule has 1 aromatic carbocycles. The number of hydrogen-bond acceptors (Lipinski definition) is 4. The Morgan fingerprint density at radius 1 is 1.26 bits per heavy atom. The monoisotopic (exact) mass is 283 g/mol. The van der Waals surface area contributed by atoms with Crippen LogP contribution in [-0.2, 0) is 9.84 Å². The summed E-state index contributed by atoms with van der Waals surface area (Å²) in [5, 5.41) is 0. The zero-order chi connectivity index (χ0) is 13.9. The van der Waals surface area contributed by atoms with Gasteiger partial charge in [0.1, 0.15) is 10.6 Å². The Labute approximate surface area is 114 Å². The Balaban J connectivity index is 2.23. The number of anilines is 1. The second kappa shape index (κ2) is 5.82. The van der Waals surface area contributed by atoms with E-state index in [1.54, 1.807) is 18.2 Å². The molecule has 1 fully saturated rings. The second-order valence-corrected chi connectivity index (χ2v) is 7.20. The van der Waals surface area contributed by atoms with Crippen LogP contribution in [-0.4, -0.2) is 21.3 Å². The number of hydrogen-bond donors (Lipinski definition) is 1. The van der Waals surface area contributed by atoms with E-state index in [2.05, 4.69) is 0 Å². The Morgan fingerprint density at radius 2 is 1.95 bits per heavy atom. The summed E-state index contributed by atoms with van der Waals surface area (Å²) in [7, 11) is -1.83. The van der Waals surface area contributed by atoms with Gasteiger partial charge in [-0.1, -0.05) is 19.3 Å². The third-order valence-corrected chi connectivity index (χ3v) is 5.62. The van der Waals surface area contributed by atoms with E-state index in [4.69, 9.17) is 10.5 Å². The molecule has 0 bridgehead atoms. The highest BCUT2D eigenvalue weighted by Crippen LogP contribution is 2.31. The molecule has 0 atom stereocenters. The fraction of sp³-hybridized carbons (Fsp3) is 0.571. The van der Waals surface area contributed by atoms with Gasteiger partial charge in [0.2, 0.25) is 0 Å². The van der Waals surface area contributed by atoms with Gasteiger partial charge in [-0.05, 0) is 30.9 Å². The van der Waals surface area contributed by atoms with Crippen LogP contribution in [0.15, 0.2) is 23.1 Å². The van der Waals surface area contributed by atoms with Crippen molar-refractivity contribution in [1.29, 1.82) is 0 Å². The maximum Gasteiger partial charge on any atom is 0.182 e. The number of methoxy groups -OCH3 is 1. The molecule has 1 saturated carbocycles. The number of benzene rings is 1. The Morgan fingerprint density at radius 3 is 2.58 bits per heavy atom. The van der Waals surface area contributed by atoms with Crippen LogP contribution in [0.3, 0.4) is 0 Å². The number of nitrogens with two attached hydrogens (primary N) is 1. The molecule has 19 heavy (non-hydrogen) atoms. The molecule has 1 aliphatic rings. The van der Waals surface area contributed by atoms with E-state index in [-0.39, 0.29) is 16.6 Å². The molecular formula is C14H21NO3S. The average Bonchev–Trinajstić information content (AvgIpc) is 2.38. The molecule has 2 N–H and O–H groups in total. The van der Waals surface area contributed by atoms with Crippen molar-refractivity contribution in [3.8, 4) is 5.75 Å². The van der Waals surface area contributed by atoms with Gasteiger partial charge in [-0.3, -0.25) is 0 Å². The van der Waals surface area contributed by atoms with Crippen molar-refractivity contribution in [3.63, 3.8) is 0 Å². The van der Waals surface area contributed by atoms with E-state index in [0.717, 1.165) is 25.7 Å². The van der Waals surface area contributed by atoms with Gasteiger partial charge in [0, 0.05) is 11.8 Å². The molecule has 2 rings (SSSR count). The lowest BCUT2D eigenvalue weighted by atomic mass is 9.91. The van der Waals surface area contributed by atoms with E-state index >= 15 is 0 Å². The van der Waals surface area contributed by atoms with Crippen molar-refractivity contribution < 1.29 is 13.2 Å². The van der Waals surface area contributed by atoms with Crippen molar-refractivity contribution in [3.05, 3.63) is 18.2 Å². The van der Waals surface area contributed by atoms with Crippen LogP contribution in [0.1, 0.15) is 32.1 Å². The lowest BCUT2D eigenvalue weighted by Gasteiger charge is -2.21. The molecule has 0 unspecified atom stereocenters. The van der Waals surface area contributed by atoms with Crippen molar-refractivity contribution in [2.75, 3.05) is 18.6 Å². The van der Waals surface area contributed by atoms with E-state index in [9.17, 15) is 8.42 Å². The van der Waals surface area contributed by atoms with Gasteiger partial charge in [-0.15, -0.1) is 0 Å². The first kappa shape index (κ1) is 14.2. The molecule has 0 aliphatic heterocycles. The molecule has 1 aromatic rings. The molecule has 4 nitrogen and oxygen atoms in total. The van der Waals surface area contributed by atoms with E-state index < -0.39 is 9.84 Å².